The van der Waals surface area contributed by atoms with Crippen LogP contribution in [-0.2, 0) is 0 Å². The van der Waals surface area contributed by atoms with E-state index in [9.17, 15) is 15.0 Å². The summed E-state index contributed by atoms with van der Waals surface area (Å²) in [4.78, 5) is 17.4. The van der Waals surface area contributed by atoms with Gasteiger partial charge in [-0.1, -0.05) is 56.5 Å². The quantitative estimate of drug-likeness (QED) is 0.208. The molecule has 0 bridgehead atoms. The van der Waals surface area contributed by atoms with E-state index < -0.39 is 6.10 Å². The fourth-order valence-corrected chi connectivity index (χ4v) is 4.10. The second kappa shape index (κ2) is 14.6. The first kappa shape index (κ1) is 28.5. The minimum atomic E-state index is -0.513. The number of carbonyl (C=O) groups is 1. The van der Waals surface area contributed by atoms with Crippen molar-refractivity contribution < 1.29 is 24.5 Å². The summed E-state index contributed by atoms with van der Waals surface area (Å²) in [7, 11) is 0. The lowest BCUT2D eigenvalue weighted by atomic mass is 10.1. The first-order chi connectivity index (χ1) is 17.9. The molecule has 7 nitrogen and oxygen atoms in total. The van der Waals surface area contributed by atoms with Crippen LogP contribution in [0.1, 0.15) is 67.1 Å². The van der Waals surface area contributed by atoms with Crippen molar-refractivity contribution in [2.45, 2.75) is 52.6 Å². The average molecular weight is 511 g/mol. The number of unbranched alkanes of at least 4 members (excludes halogenated alkanes) is 2. The maximum Gasteiger partial charge on any atom is 0.200 e. The third kappa shape index (κ3) is 8.79. The van der Waals surface area contributed by atoms with Gasteiger partial charge in [0.25, 0.3) is 0 Å². The first-order valence-corrected chi connectivity index (χ1v) is 13.5. The number of hydrogen-bond donors (Lipinski definition) is 2. The zero-order valence-electron chi connectivity index (χ0n) is 22.5. The topological polar surface area (TPSA) is 82.5 Å². The molecular weight excluding hydrogens is 468 g/mol. The Kier molecular flexibility index (Phi) is 11.3. The normalized spacial score (nSPS) is 15.2. The van der Waals surface area contributed by atoms with Gasteiger partial charge in [0.1, 0.15) is 0 Å². The maximum atomic E-state index is 13.0. The monoisotopic (exact) mass is 510 g/mol. The summed E-state index contributed by atoms with van der Waals surface area (Å²) in [6, 6.07) is 11.2. The minimum Gasteiger partial charge on any atom is -0.502 e. The number of rotatable bonds is 14. The van der Waals surface area contributed by atoms with E-state index in [1.807, 2.05) is 37.4 Å². The van der Waals surface area contributed by atoms with Crippen molar-refractivity contribution in [3.63, 3.8) is 0 Å². The largest absolute Gasteiger partial charge is 0.502 e. The highest BCUT2D eigenvalue weighted by Crippen LogP contribution is 2.38. The van der Waals surface area contributed by atoms with Crippen molar-refractivity contribution in [2.24, 2.45) is 0 Å². The molecule has 2 aromatic carbocycles. The Balaban J connectivity index is 1.58. The Morgan fingerprint density at radius 3 is 2.08 bits per heavy atom. The van der Waals surface area contributed by atoms with Crippen molar-refractivity contribution in [1.29, 1.82) is 0 Å². The highest BCUT2D eigenvalue weighted by atomic mass is 16.5. The number of benzene rings is 2. The molecule has 1 fully saturated rings. The van der Waals surface area contributed by atoms with E-state index in [1.54, 1.807) is 18.2 Å². The van der Waals surface area contributed by atoms with Crippen LogP contribution in [0, 0.1) is 6.92 Å². The fraction of sp³-hybridized carbons (Fsp3) is 0.500. The number of allylic oxidation sites excluding steroid dienone is 1. The number of aliphatic hydroxyl groups excluding tert-OH is 1. The van der Waals surface area contributed by atoms with E-state index >= 15 is 0 Å². The Morgan fingerprint density at radius 1 is 0.973 bits per heavy atom. The fourth-order valence-electron chi connectivity index (χ4n) is 4.10. The summed E-state index contributed by atoms with van der Waals surface area (Å²) in [5.74, 6) is 0.328. The van der Waals surface area contributed by atoms with Crippen LogP contribution >= 0.6 is 0 Å². The molecule has 0 saturated carbocycles. The smallest absolute Gasteiger partial charge is 0.200 e. The van der Waals surface area contributed by atoms with Crippen LogP contribution in [0.2, 0.25) is 0 Å². The lowest BCUT2D eigenvalue weighted by Gasteiger charge is -2.35. The third-order valence-electron chi connectivity index (χ3n) is 6.57. The molecule has 0 radical (unpaired) electrons. The van der Waals surface area contributed by atoms with Gasteiger partial charge in [-0.15, -0.1) is 0 Å². The first-order valence-electron chi connectivity index (χ1n) is 13.5. The summed E-state index contributed by atoms with van der Waals surface area (Å²) < 4.78 is 11.5. The molecule has 3 rings (SSSR count). The molecule has 37 heavy (non-hydrogen) atoms. The predicted octanol–water partition coefficient (Wildman–Crippen LogP) is 5.11. The number of aliphatic hydroxyl groups is 1. The van der Waals surface area contributed by atoms with Crippen molar-refractivity contribution in [3.05, 3.63) is 65.4 Å². The second-order valence-corrected chi connectivity index (χ2v) is 9.67. The van der Waals surface area contributed by atoms with Gasteiger partial charge in [0, 0.05) is 50.6 Å². The number of hydrogen-bond acceptors (Lipinski definition) is 7. The molecule has 202 valence electrons. The van der Waals surface area contributed by atoms with Crippen LogP contribution in [0.4, 0.5) is 0 Å². The standard InChI is InChI=1S/C30H42N2O5/c1-4-6-18-36-28-20-25(21-29(30(28)35)37-19-7-5-2)26(33)12-13-31-14-16-32(17-15-31)22-27(34)24-10-8-23(3)9-11-24/h8-13,20-21,27,34-35H,4-7,14-19,22H2,1-3H3. The van der Waals surface area contributed by atoms with E-state index in [4.69, 9.17) is 9.47 Å². The zero-order valence-corrected chi connectivity index (χ0v) is 22.5. The molecule has 1 unspecified atom stereocenters. The number of nitrogens with zero attached hydrogens (tertiary/aromatic N) is 2. The molecule has 7 heteroatoms. The molecule has 1 heterocycles. The Labute approximate surface area is 221 Å². The maximum absolute atomic E-state index is 13.0. The van der Waals surface area contributed by atoms with Gasteiger partial charge in [-0.2, -0.15) is 0 Å². The highest BCUT2D eigenvalue weighted by molar-refractivity contribution is 6.05. The summed E-state index contributed by atoms with van der Waals surface area (Å²) >= 11 is 0. The molecule has 2 N–H and O–H groups in total. The molecule has 1 aliphatic heterocycles. The highest BCUT2D eigenvalue weighted by Gasteiger charge is 2.19. The molecule has 1 atom stereocenters. The second-order valence-electron chi connectivity index (χ2n) is 9.67. The number of ether oxygens (including phenoxy) is 2. The number of phenolic OH excluding ortho intramolecular Hbond substituents is 1. The number of phenols is 1. The molecule has 0 amide bonds. The van der Waals surface area contributed by atoms with Gasteiger partial charge in [0.2, 0.25) is 5.75 Å². The van der Waals surface area contributed by atoms with Crippen LogP contribution in [0.3, 0.4) is 0 Å². The van der Waals surface area contributed by atoms with Gasteiger partial charge in [-0.3, -0.25) is 9.69 Å². The summed E-state index contributed by atoms with van der Waals surface area (Å²) in [5.41, 5.74) is 2.54. The average Bonchev–Trinajstić information content (AvgIpc) is 2.90. The molecule has 0 spiro atoms. The van der Waals surface area contributed by atoms with E-state index in [-0.39, 0.29) is 23.0 Å². The predicted molar refractivity (Wildman–Crippen MR) is 147 cm³/mol. The van der Waals surface area contributed by atoms with Crippen LogP contribution in [-0.4, -0.2) is 71.7 Å². The number of β-amino-alcohol motifs (C(OH)–C–C–N with tert-alkyl or cyclic N) is 1. The summed E-state index contributed by atoms with van der Waals surface area (Å²) in [5, 5.41) is 21.2. The third-order valence-corrected chi connectivity index (χ3v) is 6.57. The number of aromatic hydroxyl groups is 1. The van der Waals surface area contributed by atoms with Crippen LogP contribution < -0.4 is 9.47 Å². The van der Waals surface area contributed by atoms with Gasteiger partial charge in [0.15, 0.2) is 17.3 Å². The Bertz CT molecular complexity index is 982. The van der Waals surface area contributed by atoms with Crippen molar-refractivity contribution >= 4 is 5.78 Å². The SMILES string of the molecule is CCCCOc1cc(C(=O)C=CN2CCN(CC(O)c3ccc(C)cc3)CC2)cc(OCCCC)c1O. The van der Waals surface area contributed by atoms with Gasteiger partial charge in [0.05, 0.1) is 19.3 Å². The molecule has 2 aromatic rings. The number of carbonyl (C=O) groups excluding carboxylic acids is 1. The number of ketones is 1. The molecule has 0 aliphatic carbocycles. The molecule has 1 aliphatic rings. The minimum absolute atomic E-state index is 0.0586. The molecule has 1 saturated heterocycles. The Hall–Kier alpha value is -3.03. The van der Waals surface area contributed by atoms with Crippen molar-refractivity contribution in [3.8, 4) is 17.2 Å². The summed E-state index contributed by atoms with van der Waals surface area (Å²) in [6.45, 7) is 10.9. The Morgan fingerprint density at radius 2 is 1.54 bits per heavy atom. The van der Waals surface area contributed by atoms with E-state index in [1.165, 1.54) is 5.56 Å². The van der Waals surface area contributed by atoms with Gasteiger partial charge < -0.3 is 24.6 Å². The van der Waals surface area contributed by atoms with Gasteiger partial charge in [-0.25, -0.2) is 0 Å². The number of piperazine rings is 1. The number of aryl methyl sites for hydroxylation is 1. The van der Waals surface area contributed by atoms with Crippen LogP contribution in [0.15, 0.2) is 48.7 Å². The van der Waals surface area contributed by atoms with Crippen LogP contribution in [0.5, 0.6) is 17.2 Å². The van der Waals surface area contributed by atoms with Crippen LogP contribution in [0.25, 0.3) is 0 Å². The van der Waals surface area contributed by atoms with Crippen molar-refractivity contribution in [2.75, 3.05) is 45.9 Å². The molecular formula is C30H42N2O5. The van der Waals surface area contributed by atoms with Gasteiger partial charge in [-0.05, 0) is 37.5 Å². The molecule has 0 aromatic heterocycles. The van der Waals surface area contributed by atoms with Gasteiger partial charge >= 0.3 is 0 Å². The van der Waals surface area contributed by atoms with E-state index in [0.717, 1.165) is 57.4 Å². The lowest BCUT2D eigenvalue weighted by Crippen LogP contribution is -2.45. The van der Waals surface area contributed by atoms with Crippen molar-refractivity contribution in [1.82, 2.24) is 9.80 Å². The lowest BCUT2D eigenvalue weighted by molar-refractivity contribution is 0.0853. The van der Waals surface area contributed by atoms with E-state index in [2.05, 4.69) is 23.6 Å². The van der Waals surface area contributed by atoms with E-state index in [0.29, 0.717) is 25.3 Å². The zero-order chi connectivity index (χ0) is 26.6. The summed E-state index contributed by atoms with van der Waals surface area (Å²) in [6.07, 6.45) is 6.55.